The highest BCUT2D eigenvalue weighted by atomic mass is 19.3. The van der Waals surface area contributed by atoms with Crippen LogP contribution in [0.1, 0.15) is 30.9 Å². The van der Waals surface area contributed by atoms with Crippen molar-refractivity contribution in [3.8, 4) is 11.5 Å². The average Bonchev–Trinajstić information content (AvgIpc) is 2.86. The van der Waals surface area contributed by atoms with Gasteiger partial charge in [0.05, 0.1) is 25.6 Å². The van der Waals surface area contributed by atoms with Gasteiger partial charge in [0.2, 0.25) is 5.91 Å². The van der Waals surface area contributed by atoms with Crippen molar-refractivity contribution in [3.63, 3.8) is 0 Å². The second-order valence-corrected chi connectivity index (χ2v) is 8.10. The number of nitrogens with zero attached hydrogens (tertiary/aromatic N) is 2. The predicted octanol–water partition coefficient (Wildman–Crippen LogP) is 5.30. The largest absolute Gasteiger partial charge is 0.493 e. The van der Waals surface area contributed by atoms with Gasteiger partial charge in [0.1, 0.15) is 0 Å². The Balaban J connectivity index is 1.54. The summed E-state index contributed by atoms with van der Waals surface area (Å²) in [5.74, 6) is -0.0923. The number of hydrazone groups is 1. The van der Waals surface area contributed by atoms with E-state index in [-0.39, 0.29) is 42.5 Å². The zero-order chi connectivity index (χ0) is 24.8. The SMILES string of the molecule is CCC1CC(=O)N(Cc2ccc(NC3C=CC=CO3)cc2)N=C1c1ccc(OC)c(OC(F)F)c1. The molecule has 0 saturated carbocycles. The summed E-state index contributed by atoms with van der Waals surface area (Å²) in [5, 5.41) is 9.31. The van der Waals surface area contributed by atoms with Gasteiger partial charge in [-0.3, -0.25) is 4.79 Å². The Morgan fingerprint density at radius 3 is 2.63 bits per heavy atom. The summed E-state index contributed by atoms with van der Waals surface area (Å²) in [6.07, 6.45) is 7.97. The maximum Gasteiger partial charge on any atom is 0.387 e. The lowest BCUT2D eigenvalue weighted by Gasteiger charge is -2.29. The molecule has 2 aliphatic heterocycles. The fourth-order valence-electron chi connectivity index (χ4n) is 3.97. The topological polar surface area (TPSA) is 72.4 Å². The Bertz CT molecular complexity index is 1130. The number of halogens is 2. The van der Waals surface area contributed by atoms with Crippen LogP contribution < -0.4 is 14.8 Å². The monoisotopic (exact) mass is 483 g/mol. The number of allylic oxidation sites excluding steroid dienone is 2. The number of hydrogen-bond donors (Lipinski definition) is 1. The molecule has 1 N–H and O–H groups in total. The molecule has 2 aromatic rings. The minimum Gasteiger partial charge on any atom is -0.493 e. The second-order valence-electron chi connectivity index (χ2n) is 8.10. The molecule has 35 heavy (non-hydrogen) atoms. The van der Waals surface area contributed by atoms with Crippen molar-refractivity contribution >= 4 is 17.3 Å². The Kier molecular flexibility index (Phi) is 7.64. The normalized spacial score (nSPS) is 19.4. The van der Waals surface area contributed by atoms with Gasteiger partial charge in [-0.1, -0.05) is 25.1 Å². The molecule has 2 aromatic carbocycles. The first kappa shape index (κ1) is 24.3. The van der Waals surface area contributed by atoms with Crippen LogP contribution in [-0.4, -0.2) is 36.6 Å². The van der Waals surface area contributed by atoms with Gasteiger partial charge in [0, 0.05) is 23.6 Å². The Labute approximate surface area is 202 Å². The third-order valence-electron chi connectivity index (χ3n) is 5.79. The van der Waals surface area contributed by atoms with Crippen LogP contribution in [-0.2, 0) is 16.1 Å². The molecule has 2 aliphatic rings. The first-order valence-corrected chi connectivity index (χ1v) is 11.3. The third kappa shape index (κ3) is 5.98. The molecule has 0 spiro atoms. The molecule has 4 rings (SSSR count). The van der Waals surface area contributed by atoms with Crippen LogP contribution in [0.2, 0.25) is 0 Å². The summed E-state index contributed by atoms with van der Waals surface area (Å²) < 4.78 is 41.0. The van der Waals surface area contributed by atoms with Crippen LogP contribution in [0.4, 0.5) is 14.5 Å². The number of methoxy groups -OCH3 is 1. The van der Waals surface area contributed by atoms with E-state index < -0.39 is 6.61 Å². The molecule has 9 heteroatoms. The number of benzene rings is 2. The van der Waals surface area contributed by atoms with E-state index in [1.807, 2.05) is 49.4 Å². The van der Waals surface area contributed by atoms with E-state index >= 15 is 0 Å². The van der Waals surface area contributed by atoms with Gasteiger partial charge in [-0.25, -0.2) is 5.01 Å². The molecular formula is C26H27F2N3O4. The lowest BCUT2D eigenvalue weighted by molar-refractivity contribution is -0.133. The molecule has 0 saturated heterocycles. The first-order chi connectivity index (χ1) is 17.0. The van der Waals surface area contributed by atoms with Crippen LogP contribution in [0, 0.1) is 5.92 Å². The van der Waals surface area contributed by atoms with Crippen molar-refractivity contribution in [1.29, 1.82) is 0 Å². The van der Waals surface area contributed by atoms with Crippen molar-refractivity contribution in [1.82, 2.24) is 5.01 Å². The van der Waals surface area contributed by atoms with E-state index in [0.29, 0.717) is 17.7 Å². The molecule has 0 aliphatic carbocycles. The summed E-state index contributed by atoms with van der Waals surface area (Å²) in [6.45, 7) is -0.726. The van der Waals surface area contributed by atoms with Crippen LogP contribution in [0.3, 0.4) is 0 Å². The standard InChI is InChI=1S/C26H27F2N3O4/c1-3-18-15-24(32)31(16-17-7-10-20(11-8-17)29-23-6-4-5-13-34-23)30-25(18)19-9-12-21(33-2)22(14-19)35-26(27)28/h4-14,18,23,26,29H,3,15-16H2,1-2H3. The fraction of sp³-hybridized carbons (Fsp3) is 0.308. The quantitative estimate of drug-likeness (QED) is 0.524. The molecule has 7 nitrogen and oxygen atoms in total. The van der Waals surface area contributed by atoms with Crippen molar-refractivity contribution in [2.75, 3.05) is 12.4 Å². The molecule has 0 bridgehead atoms. The Morgan fingerprint density at radius 2 is 1.97 bits per heavy atom. The van der Waals surface area contributed by atoms with E-state index in [1.165, 1.54) is 18.2 Å². The van der Waals surface area contributed by atoms with Crippen LogP contribution in [0.15, 0.2) is 72.1 Å². The molecule has 0 radical (unpaired) electrons. The van der Waals surface area contributed by atoms with Gasteiger partial charge < -0.3 is 19.5 Å². The summed E-state index contributed by atoms with van der Waals surface area (Å²) in [5.41, 5.74) is 3.04. The Hall–Kier alpha value is -3.88. The van der Waals surface area contributed by atoms with Crippen LogP contribution in [0.5, 0.6) is 11.5 Å². The van der Waals surface area contributed by atoms with Gasteiger partial charge in [-0.05, 0) is 54.5 Å². The summed E-state index contributed by atoms with van der Waals surface area (Å²) in [4.78, 5) is 12.8. The van der Waals surface area contributed by atoms with E-state index in [4.69, 9.17) is 9.47 Å². The number of hydrogen-bond acceptors (Lipinski definition) is 6. The van der Waals surface area contributed by atoms with Gasteiger partial charge in [0.25, 0.3) is 0 Å². The highest BCUT2D eigenvalue weighted by Crippen LogP contribution is 2.33. The molecular weight excluding hydrogens is 456 g/mol. The molecule has 184 valence electrons. The van der Waals surface area contributed by atoms with E-state index in [1.54, 1.807) is 18.4 Å². The minimum atomic E-state index is -2.98. The van der Waals surface area contributed by atoms with Gasteiger partial charge >= 0.3 is 6.61 Å². The van der Waals surface area contributed by atoms with Gasteiger partial charge in [0.15, 0.2) is 17.7 Å². The van der Waals surface area contributed by atoms with Gasteiger partial charge in [-0.2, -0.15) is 13.9 Å². The van der Waals surface area contributed by atoms with E-state index in [0.717, 1.165) is 11.3 Å². The minimum absolute atomic E-state index is 0.0728. The van der Waals surface area contributed by atoms with Crippen molar-refractivity contribution < 1.29 is 27.8 Å². The fourth-order valence-corrected chi connectivity index (χ4v) is 3.97. The zero-order valence-corrected chi connectivity index (χ0v) is 19.5. The molecule has 0 fully saturated rings. The summed E-state index contributed by atoms with van der Waals surface area (Å²) in [7, 11) is 1.39. The first-order valence-electron chi connectivity index (χ1n) is 11.3. The third-order valence-corrected chi connectivity index (χ3v) is 5.79. The molecule has 2 atom stereocenters. The van der Waals surface area contributed by atoms with Crippen LogP contribution in [0.25, 0.3) is 0 Å². The predicted molar refractivity (Wildman–Crippen MR) is 128 cm³/mol. The number of nitrogens with one attached hydrogen (secondary N) is 1. The number of amides is 1. The Morgan fingerprint density at radius 1 is 1.17 bits per heavy atom. The number of alkyl halides is 2. The molecule has 2 heterocycles. The van der Waals surface area contributed by atoms with E-state index in [2.05, 4.69) is 15.2 Å². The highest BCUT2D eigenvalue weighted by molar-refractivity contribution is 6.06. The summed E-state index contributed by atoms with van der Waals surface area (Å²) >= 11 is 0. The molecule has 0 aromatic heterocycles. The van der Waals surface area contributed by atoms with Crippen LogP contribution >= 0.6 is 0 Å². The number of carbonyl (C=O) groups excluding carboxylic acids is 1. The lowest BCUT2D eigenvalue weighted by atomic mass is 9.89. The second kappa shape index (κ2) is 11.0. The van der Waals surface area contributed by atoms with Gasteiger partial charge in [-0.15, -0.1) is 0 Å². The number of carbonyl (C=O) groups is 1. The maximum atomic E-state index is 12.9. The number of ether oxygens (including phenoxy) is 3. The van der Waals surface area contributed by atoms with Crippen molar-refractivity contribution in [2.45, 2.75) is 39.1 Å². The maximum absolute atomic E-state index is 12.9. The molecule has 2 unspecified atom stereocenters. The van der Waals surface area contributed by atoms with Crippen molar-refractivity contribution in [2.24, 2.45) is 11.0 Å². The summed E-state index contributed by atoms with van der Waals surface area (Å²) in [6, 6.07) is 12.5. The highest BCUT2D eigenvalue weighted by Gasteiger charge is 2.30. The zero-order valence-electron chi connectivity index (χ0n) is 19.5. The lowest BCUT2D eigenvalue weighted by Crippen LogP contribution is -2.36. The molecule has 1 amide bonds. The average molecular weight is 484 g/mol. The number of anilines is 1. The number of rotatable bonds is 9. The smallest absolute Gasteiger partial charge is 0.387 e. The van der Waals surface area contributed by atoms with Crippen molar-refractivity contribution in [3.05, 3.63) is 78.1 Å². The van der Waals surface area contributed by atoms with E-state index in [9.17, 15) is 13.6 Å².